The van der Waals surface area contributed by atoms with Crippen molar-refractivity contribution in [2.75, 3.05) is 37.4 Å². The first-order valence-corrected chi connectivity index (χ1v) is 12.1. The van der Waals surface area contributed by atoms with Crippen molar-refractivity contribution in [3.63, 3.8) is 0 Å². The van der Waals surface area contributed by atoms with E-state index in [0.717, 1.165) is 21.4 Å². The fourth-order valence-corrected chi connectivity index (χ4v) is 3.53. The van der Waals surface area contributed by atoms with Crippen LogP contribution in [0.15, 0.2) is 59.1 Å². The molecule has 186 valence electrons. The molecule has 0 saturated carbocycles. The third kappa shape index (κ3) is 7.40. The van der Waals surface area contributed by atoms with Crippen molar-refractivity contribution in [3.8, 4) is 5.69 Å². The van der Waals surface area contributed by atoms with Gasteiger partial charge in [0, 0.05) is 35.3 Å². The molecule has 0 fully saturated rings. The maximum atomic E-state index is 13.1. The smallest absolute Gasteiger partial charge is 0.322 e. The van der Waals surface area contributed by atoms with Gasteiger partial charge < -0.3 is 20.3 Å². The van der Waals surface area contributed by atoms with Gasteiger partial charge in [0.1, 0.15) is 12.4 Å². The molecule has 0 aliphatic rings. The molecule has 2 aromatic carbocycles. The number of hydrogen-bond acceptors (Lipinski definition) is 4. The van der Waals surface area contributed by atoms with E-state index in [9.17, 15) is 9.59 Å². The first-order chi connectivity index (χ1) is 16.6. The first-order valence-electron chi connectivity index (χ1n) is 11.3. The molecule has 1 aromatic heterocycles. The van der Waals surface area contributed by atoms with E-state index in [1.165, 1.54) is 4.90 Å². The van der Waals surface area contributed by atoms with Gasteiger partial charge in [-0.15, -0.1) is 0 Å². The molecule has 0 aliphatic carbocycles. The van der Waals surface area contributed by atoms with Crippen LogP contribution in [-0.2, 0) is 14.9 Å². The van der Waals surface area contributed by atoms with Crippen LogP contribution in [0.2, 0.25) is 0 Å². The van der Waals surface area contributed by atoms with Gasteiger partial charge in [0.15, 0.2) is 0 Å². The summed E-state index contributed by atoms with van der Waals surface area (Å²) >= 11 is 3.38. The summed E-state index contributed by atoms with van der Waals surface area (Å²) in [6.07, 6.45) is 0. The number of amides is 3. The fourth-order valence-electron chi connectivity index (χ4n) is 3.26. The minimum absolute atomic E-state index is 0.143. The Morgan fingerprint density at radius 1 is 1.06 bits per heavy atom. The van der Waals surface area contributed by atoms with E-state index in [4.69, 9.17) is 9.84 Å². The lowest BCUT2D eigenvalue weighted by atomic mass is 9.92. The second-order valence-electron chi connectivity index (χ2n) is 9.31. The highest BCUT2D eigenvalue weighted by Gasteiger charge is 2.23. The number of hydrogen-bond donors (Lipinski definition) is 2. The van der Waals surface area contributed by atoms with Gasteiger partial charge in [-0.3, -0.25) is 4.79 Å². The summed E-state index contributed by atoms with van der Waals surface area (Å²) in [5.74, 6) is 0.213. The molecule has 0 radical (unpaired) electrons. The van der Waals surface area contributed by atoms with Gasteiger partial charge in [-0.25, -0.2) is 9.48 Å². The molecular formula is C26H32BrN5O3. The Morgan fingerprint density at radius 2 is 1.71 bits per heavy atom. The molecule has 35 heavy (non-hydrogen) atoms. The van der Waals surface area contributed by atoms with Gasteiger partial charge >= 0.3 is 6.03 Å². The van der Waals surface area contributed by atoms with Crippen LogP contribution in [0.3, 0.4) is 0 Å². The van der Waals surface area contributed by atoms with Crippen LogP contribution >= 0.6 is 15.9 Å². The molecule has 1 heterocycles. The summed E-state index contributed by atoms with van der Waals surface area (Å²) in [6, 6.07) is 16.6. The summed E-state index contributed by atoms with van der Waals surface area (Å²) in [7, 11) is 1.55. The second-order valence-corrected chi connectivity index (χ2v) is 10.2. The highest BCUT2D eigenvalue weighted by atomic mass is 79.9. The fraction of sp³-hybridized carbons (Fsp3) is 0.346. The first kappa shape index (κ1) is 26.4. The Balaban J connectivity index is 1.79. The normalized spacial score (nSPS) is 11.3. The molecular weight excluding hydrogens is 510 g/mol. The zero-order chi connectivity index (χ0) is 25.6. The number of urea groups is 1. The summed E-state index contributed by atoms with van der Waals surface area (Å²) in [6.45, 7) is 8.64. The average Bonchev–Trinajstić information content (AvgIpc) is 3.22. The number of aryl methyl sites for hydroxylation is 1. The van der Waals surface area contributed by atoms with E-state index in [0.29, 0.717) is 18.1 Å². The van der Waals surface area contributed by atoms with Crippen molar-refractivity contribution in [1.82, 2.24) is 14.7 Å². The van der Waals surface area contributed by atoms with Crippen LogP contribution in [0.1, 0.15) is 32.0 Å². The molecule has 0 spiro atoms. The third-order valence-electron chi connectivity index (χ3n) is 5.31. The quantitative estimate of drug-likeness (QED) is 0.401. The van der Waals surface area contributed by atoms with Crippen molar-refractivity contribution in [3.05, 3.63) is 70.3 Å². The van der Waals surface area contributed by atoms with E-state index in [-0.39, 0.29) is 30.4 Å². The Kier molecular flexibility index (Phi) is 8.69. The minimum atomic E-state index is -0.387. The maximum absolute atomic E-state index is 13.1. The largest absolute Gasteiger partial charge is 0.383 e. The van der Waals surface area contributed by atoms with Gasteiger partial charge in [0.2, 0.25) is 5.91 Å². The van der Waals surface area contributed by atoms with Crippen molar-refractivity contribution < 1.29 is 14.3 Å². The van der Waals surface area contributed by atoms with E-state index >= 15 is 0 Å². The van der Waals surface area contributed by atoms with E-state index < -0.39 is 0 Å². The van der Waals surface area contributed by atoms with Gasteiger partial charge in [-0.1, -0.05) is 54.4 Å². The zero-order valence-corrected chi connectivity index (χ0v) is 22.3. The molecule has 3 aromatic rings. The van der Waals surface area contributed by atoms with Crippen LogP contribution < -0.4 is 10.6 Å². The number of benzene rings is 2. The molecule has 2 N–H and O–H groups in total. The van der Waals surface area contributed by atoms with Gasteiger partial charge in [-0.05, 0) is 43.3 Å². The van der Waals surface area contributed by atoms with Crippen LogP contribution in [0, 0.1) is 6.92 Å². The van der Waals surface area contributed by atoms with Gasteiger partial charge in [-0.2, -0.15) is 5.10 Å². The Bertz CT molecular complexity index is 1150. The number of anilines is 2. The third-order valence-corrected chi connectivity index (χ3v) is 5.83. The molecule has 0 atom stereocenters. The second kappa shape index (κ2) is 11.5. The topological polar surface area (TPSA) is 88.5 Å². The summed E-state index contributed by atoms with van der Waals surface area (Å²) in [5.41, 5.74) is 3.24. The van der Waals surface area contributed by atoms with Gasteiger partial charge in [0.05, 0.1) is 18.0 Å². The molecule has 9 heteroatoms. The number of carbonyl (C=O) groups excluding carboxylic acids is 2. The lowest BCUT2D eigenvalue weighted by Crippen LogP contribution is -2.42. The lowest BCUT2D eigenvalue weighted by Gasteiger charge is -2.22. The predicted octanol–water partition coefficient (Wildman–Crippen LogP) is 5.36. The standard InChI is InChI=1S/C26H32BrN5O3/c1-18-6-12-21(13-7-18)32-23(16-22(30-32)26(2,3)4)29-24(33)17-31(14-15-35-5)25(34)28-20-10-8-19(27)9-11-20/h6-13,16H,14-15,17H2,1-5H3,(H,28,34)(H,29,33). The van der Waals surface area contributed by atoms with E-state index in [2.05, 4.69) is 47.3 Å². The van der Waals surface area contributed by atoms with Crippen LogP contribution in [0.5, 0.6) is 0 Å². The number of halogens is 1. The molecule has 0 bridgehead atoms. The van der Waals surface area contributed by atoms with Crippen molar-refractivity contribution in [2.45, 2.75) is 33.1 Å². The van der Waals surface area contributed by atoms with Crippen LogP contribution in [0.4, 0.5) is 16.3 Å². The van der Waals surface area contributed by atoms with Crippen molar-refractivity contribution in [1.29, 1.82) is 0 Å². The van der Waals surface area contributed by atoms with E-state index in [1.807, 2.05) is 49.4 Å². The number of aromatic nitrogens is 2. The molecule has 8 nitrogen and oxygen atoms in total. The van der Waals surface area contributed by atoms with Crippen LogP contribution in [-0.4, -0.2) is 53.4 Å². The van der Waals surface area contributed by atoms with Crippen molar-refractivity contribution in [2.24, 2.45) is 0 Å². The van der Waals surface area contributed by atoms with Gasteiger partial charge in [0.25, 0.3) is 0 Å². The Hall–Kier alpha value is -3.17. The molecule has 0 saturated heterocycles. The van der Waals surface area contributed by atoms with E-state index in [1.54, 1.807) is 23.9 Å². The predicted molar refractivity (Wildman–Crippen MR) is 142 cm³/mol. The highest BCUT2D eigenvalue weighted by Crippen LogP contribution is 2.26. The summed E-state index contributed by atoms with van der Waals surface area (Å²) in [4.78, 5) is 27.4. The molecule has 0 aliphatic heterocycles. The van der Waals surface area contributed by atoms with Crippen LogP contribution in [0.25, 0.3) is 5.69 Å². The number of nitrogens with one attached hydrogen (secondary N) is 2. The summed E-state index contributed by atoms with van der Waals surface area (Å²) in [5, 5.41) is 10.5. The Labute approximate surface area is 214 Å². The molecule has 0 unspecified atom stereocenters. The monoisotopic (exact) mass is 541 g/mol. The lowest BCUT2D eigenvalue weighted by molar-refractivity contribution is -0.116. The zero-order valence-electron chi connectivity index (χ0n) is 20.8. The Morgan fingerprint density at radius 3 is 2.31 bits per heavy atom. The number of nitrogens with zero attached hydrogens (tertiary/aromatic N) is 3. The number of methoxy groups -OCH3 is 1. The average molecular weight is 542 g/mol. The minimum Gasteiger partial charge on any atom is -0.383 e. The molecule has 3 rings (SSSR count). The molecule has 3 amide bonds. The SMILES string of the molecule is COCCN(CC(=O)Nc1cc(C(C)(C)C)nn1-c1ccc(C)cc1)C(=O)Nc1ccc(Br)cc1. The number of ether oxygens (including phenoxy) is 1. The van der Waals surface area contributed by atoms with Crippen molar-refractivity contribution >= 4 is 39.4 Å². The number of carbonyl (C=O) groups is 2. The number of rotatable bonds is 8. The maximum Gasteiger partial charge on any atom is 0.322 e. The summed E-state index contributed by atoms with van der Waals surface area (Å²) < 4.78 is 7.77. The highest BCUT2D eigenvalue weighted by molar-refractivity contribution is 9.10.